The summed E-state index contributed by atoms with van der Waals surface area (Å²) in [7, 11) is 0. The molecule has 0 aliphatic carbocycles. The average molecular weight is 793 g/mol. The molecule has 0 bridgehead atoms. The van der Waals surface area contributed by atoms with Crippen LogP contribution in [-0.2, 0) is 0 Å². The summed E-state index contributed by atoms with van der Waals surface area (Å²) in [6.07, 6.45) is 0. The Hall–Kier alpha value is -8.41. The normalized spacial score (nSPS) is 11.5. The zero-order valence-electron chi connectivity index (χ0n) is 33.5. The maximum absolute atomic E-state index is 6.43. The van der Waals surface area contributed by atoms with Crippen molar-refractivity contribution in [2.45, 2.75) is 0 Å². The Balaban J connectivity index is 1.03. The number of furan rings is 1. The fourth-order valence-electron chi connectivity index (χ4n) is 8.75. The van der Waals surface area contributed by atoms with E-state index in [1.165, 1.54) is 11.1 Å². The molecule has 3 heterocycles. The highest BCUT2D eigenvalue weighted by atomic mass is 16.3. The lowest BCUT2D eigenvalue weighted by molar-refractivity contribution is 0.668. The molecule has 0 atom stereocenters. The lowest BCUT2D eigenvalue weighted by Crippen LogP contribution is -2.00. The smallest absolute Gasteiger partial charge is 0.164 e. The third-order valence-corrected chi connectivity index (χ3v) is 11.9. The molecule has 0 amide bonds. The highest BCUT2D eigenvalue weighted by molar-refractivity contribution is 6.12. The molecule has 0 aliphatic rings. The quantitative estimate of drug-likeness (QED) is 0.161. The van der Waals surface area contributed by atoms with Crippen LogP contribution in [0.3, 0.4) is 0 Å². The Morgan fingerprint density at radius 3 is 1.37 bits per heavy atom. The molecule has 12 rings (SSSR count). The van der Waals surface area contributed by atoms with Gasteiger partial charge in [0.2, 0.25) is 0 Å². The van der Waals surface area contributed by atoms with E-state index >= 15 is 0 Å². The molecule has 12 aromatic rings. The largest absolute Gasteiger partial charge is 0.456 e. The van der Waals surface area contributed by atoms with Crippen LogP contribution in [0.15, 0.2) is 223 Å². The average Bonchev–Trinajstić information content (AvgIpc) is 3.89. The van der Waals surface area contributed by atoms with Crippen molar-refractivity contribution in [1.82, 2.24) is 19.5 Å². The second-order valence-corrected chi connectivity index (χ2v) is 15.6. The number of nitrogens with zero attached hydrogens (tertiary/aromatic N) is 4. The van der Waals surface area contributed by atoms with Crippen LogP contribution >= 0.6 is 0 Å². The summed E-state index contributed by atoms with van der Waals surface area (Å²) < 4.78 is 8.77. The molecular weight excluding hydrogens is 757 g/mol. The van der Waals surface area contributed by atoms with Crippen molar-refractivity contribution in [3.8, 4) is 73.2 Å². The Morgan fingerprint density at radius 2 is 0.726 bits per heavy atom. The summed E-state index contributed by atoms with van der Waals surface area (Å²) in [5.41, 5.74) is 14.6. The molecule has 0 radical (unpaired) electrons. The van der Waals surface area contributed by atoms with E-state index in [2.05, 4.69) is 174 Å². The minimum atomic E-state index is 0.603. The van der Waals surface area contributed by atoms with E-state index in [4.69, 9.17) is 19.4 Å². The highest BCUT2D eigenvalue weighted by Crippen LogP contribution is 2.39. The topological polar surface area (TPSA) is 56.7 Å². The van der Waals surface area contributed by atoms with Crippen molar-refractivity contribution in [2.75, 3.05) is 0 Å². The van der Waals surface area contributed by atoms with Gasteiger partial charge in [0.05, 0.1) is 11.0 Å². The Bertz CT molecular complexity index is 3590. The molecule has 0 saturated carbocycles. The standard InChI is InChI=1S/C57H36N4O/c1-4-12-37(13-5-1)39-20-22-41(23-21-39)44-29-33-51-50(34-44)47-31-28-45(35-52(47)61(51)46-30-32-49-48-18-10-11-19-53(48)62-54(49)36-46)57-59-55(42-16-8-3-9-17-42)58-56(60-57)43-26-24-40(25-27-43)38-14-6-2-7-15-38/h1-36H. The van der Waals surface area contributed by atoms with Gasteiger partial charge >= 0.3 is 0 Å². The first-order chi connectivity index (χ1) is 30.7. The second-order valence-electron chi connectivity index (χ2n) is 15.6. The van der Waals surface area contributed by atoms with E-state index in [1.54, 1.807) is 0 Å². The molecule has 0 spiro atoms. The van der Waals surface area contributed by atoms with Crippen LogP contribution in [0.5, 0.6) is 0 Å². The minimum Gasteiger partial charge on any atom is -0.456 e. The van der Waals surface area contributed by atoms with Gasteiger partial charge in [-0.25, -0.2) is 15.0 Å². The molecule has 0 N–H and O–H groups in total. The number of fused-ring (bicyclic) bond motifs is 6. The van der Waals surface area contributed by atoms with Gasteiger partial charge in [-0.05, 0) is 69.8 Å². The van der Waals surface area contributed by atoms with Crippen LogP contribution in [0.2, 0.25) is 0 Å². The van der Waals surface area contributed by atoms with Crippen LogP contribution in [0.1, 0.15) is 0 Å². The Kier molecular flexibility index (Phi) is 8.42. The van der Waals surface area contributed by atoms with Gasteiger partial charge in [-0.2, -0.15) is 0 Å². The summed E-state index contributed by atoms with van der Waals surface area (Å²) in [4.78, 5) is 15.3. The molecule has 0 aliphatic heterocycles. The molecule has 0 saturated heterocycles. The van der Waals surface area contributed by atoms with Crippen LogP contribution in [-0.4, -0.2) is 19.5 Å². The number of benzene rings is 9. The number of hydrogen-bond acceptors (Lipinski definition) is 4. The molecular formula is C57H36N4O. The Labute approximate surface area is 357 Å². The monoisotopic (exact) mass is 792 g/mol. The van der Waals surface area contributed by atoms with Gasteiger partial charge in [-0.15, -0.1) is 0 Å². The van der Waals surface area contributed by atoms with E-state index in [-0.39, 0.29) is 0 Å². The molecule has 9 aromatic carbocycles. The molecule has 290 valence electrons. The number of hydrogen-bond donors (Lipinski definition) is 0. The van der Waals surface area contributed by atoms with Crippen molar-refractivity contribution < 1.29 is 4.42 Å². The summed E-state index contributed by atoms with van der Waals surface area (Å²) >= 11 is 0. The van der Waals surface area contributed by atoms with Gasteiger partial charge in [0, 0.05) is 50.0 Å². The summed E-state index contributed by atoms with van der Waals surface area (Å²) in [6, 6.07) is 76.4. The number of aromatic nitrogens is 4. The lowest BCUT2D eigenvalue weighted by atomic mass is 9.99. The van der Waals surface area contributed by atoms with Gasteiger partial charge < -0.3 is 8.98 Å². The highest BCUT2D eigenvalue weighted by Gasteiger charge is 2.19. The van der Waals surface area contributed by atoms with Crippen molar-refractivity contribution in [2.24, 2.45) is 0 Å². The van der Waals surface area contributed by atoms with E-state index in [0.717, 1.165) is 88.4 Å². The van der Waals surface area contributed by atoms with Crippen molar-refractivity contribution in [3.63, 3.8) is 0 Å². The molecule has 5 heteroatoms. The van der Waals surface area contributed by atoms with Crippen LogP contribution < -0.4 is 0 Å². The van der Waals surface area contributed by atoms with Crippen LogP contribution in [0, 0.1) is 0 Å². The number of para-hydroxylation sites is 1. The minimum absolute atomic E-state index is 0.603. The third kappa shape index (κ3) is 6.23. The predicted octanol–water partition coefficient (Wildman–Crippen LogP) is 14.9. The first-order valence-corrected chi connectivity index (χ1v) is 20.8. The molecule has 0 fully saturated rings. The molecule has 62 heavy (non-hydrogen) atoms. The van der Waals surface area contributed by atoms with Crippen molar-refractivity contribution in [3.05, 3.63) is 218 Å². The lowest BCUT2D eigenvalue weighted by Gasteiger charge is -2.11. The number of rotatable bonds is 7. The van der Waals surface area contributed by atoms with Crippen molar-refractivity contribution in [1.29, 1.82) is 0 Å². The van der Waals surface area contributed by atoms with Gasteiger partial charge in [-0.3, -0.25) is 0 Å². The summed E-state index contributed by atoms with van der Waals surface area (Å²) in [5, 5.41) is 4.48. The summed E-state index contributed by atoms with van der Waals surface area (Å²) in [6.45, 7) is 0. The fourth-order valence-corrected chi connectivity index (χ4v) is 8.75. The van der Waals surface area contributed by atoms with Gasteiger partial charge in [0.25, 0.3) is 0 Å². The van der Waals surface area contributed by atoms with E-state index < -0.39 is 0 Å². The first kappa shape index (κ1) is 35.5. The van der Waals surface area contributed by atoms with E-state index in [1.807, 2.05) is 48.5 Å². The maximum Gasteiger partial charge on any atom is 0.164 e. The molecule has 0 unspecified atom stereocenters. The van der Waals surface area contributed by atoms with Crippen LogP contribution in [0.25, 0.3) is 117 Å². The first-order valence-electron chi connectivity index (χ1n) is 20.8. The molecule has 5 nitrogen and oxygen atoms in total. The van der Waals surface area contributed by atoms with Crippen LogP contribution in [0.4, 0.5) is 0 Å². The van der Waals surface area contributed by atoms with E-state index in [0.29, 0.717) is 17.5 Å². The SMILES string of the molecule is c1ccc(-c2ccc(-c3ccc4c(c3)c3ccc(-c5nc(-c6ccccc6)nc(-c6ccc(-c7ccccc7)cc6)n5)cc3n4-c3ccc4c(c3)oc3ccccc34)cc2)cc1. The second kappa shape index (κ2) is 14.7. The predicted molar refractivity (Wildman–Crippen MR) is 254 cm³/mol. The van der Waals surface area contributed by atoms with Crippen molar-refractivity contribution >= 4 is 43.7 Å². The maximum atomic E-state index is 6.43. The van der Waals surface area contributed by atoms with E-state index in [9.17, 15) is 0 Å². The third-order valence-electron chi connectivity index (χ3n) is 11.9. The summed E-state index contributed by atoms with van der Waals surface area (Å²) in [5.74, 6) is 1.84. The fraction of sp³-hybridized carbons (Fsp3) is 0. The van der Waals surface area contributed by atoms with Gasteiger partial charge in [0.1, 0.15) is 11.2 Å². The van der Waals surface area contributed by atoms with Gasteiger partial charge in [0.15, 0.2) is 17.5 Å². The zero-order valence-corrected chi connectivity index (χ0v) is 33.5. The zero-order chi connectivity index (χ0) is 41.0. The molecule has 3 aromatic heterocycles. The van der Waals surface area contributed by atoms with Gasteiger partial charge in [-0.1, -0.05) is 176 Å². The Morgan fingerprint density at radius 1 is 0.274 bits per heavy atom.